The number of benzene rings is 1. The minimum atomic E-state index is -0.384. The largest absolute Gasteiger partial charge is 0.493 e. The molecule has 3 aliphatic rings. The van der Waals surface area contributed by atoms with E-state index in [-0.39, 0.29) is 41.1 Å². The Hall–Kier alpha value is -2.15. The van der Waals surface area contributed by atoms with Gasteiger partial charge in [-0.3, -0.25) is 9.59 Å². The fourth-order valence-electron chi connectivity index (χ4n) is 4.34. The van der Waals surface area contributed by atoms with Crippen molar-refractivity contribution in [3.05, 3.63) is 34.3 Å². The van der Waals surface area contributed by atoms with Crippen molar-refractivity contribution in [3.63, 3.8) is 0 Å². The molecule has 148 valence electrons. The van der Waals surface area contributed by atoms with E-state index in [1.54, 1.807) is 13.2 Å². The van der Waals surface area contributed by atoms with Gasteiger partial charge in [-0.1, -0.05) is 12.2 Å². The Labute approximate surface area is 172 Å². The normalized spacial score (nSPS) is 28.5. The van der Waals surface area contributed by atoms with Gasteiger partial charge in [-0.2, -0.15) is 10.1 Å². The highest BCUT2D eigenvalue weighted by molar-refractivity contribution is 9.10. The second-order valence-electron chi connectivity index (χ2n) is 8.48. The van der Waals surface area contributed by atoms with Crippen molar-refractivity contribution in [1.29, 1.82) is 0 Å². The van der Waals surface area contributed by atoms with Crippen LogP contribution in [-0.2, 0) is 9.59 Å². The summed E-state index contributed by atoms with van der Waals surface area (Å²) in [5.74, 6) is 0.613. The maximum atomic E-state index is 12.7. The van der Waals surface area contributed by atoms with Crippen molar-refractivity contribution in [2.24, 2.45) is 28.8 Å². The monoisotopic (exact) mass is 446 g/mol. The molecule has 1 aliphatic heterocycles. The maximum absolute atomic E-state index is 12.7. The third-order valence-electron chi connectivity index (χ3n) is 5.43. The summed E-state index contributed by atoms with van der Waals surface area (Å²) in [6.07, 6.45) is 6.56. The van der Waals surface area contributed by atoms with Gasteiger partial charge in [-0.05, 0) is 72.7 Å². The van der Waals surface area contributed by atoms with E-state index in [2.05, 4.69) is 33.2 Å². The van der Waals surface area contributed by atoms with E-state index < -0.39 is 0 Å². The molecule has 0 aromatic heterocycles. The van der Waals surface area contributed by atoms with Crippen LogP contribution in [0.25, 0.3) is 0 Å². The molecule has 1 saturated heterocycles. The zero-order valence-corrected chi connectivity index (χ0v) is 17.9. The van der Waals surface area contributed by atoms with Crippen LogP contribution in [0, 0.1) is 23.7 Å². The number of rotatable bonds is 4. The molecule has 0 radical (unpaired) electrons. The van der Waals surface area contributed by atoms with Gasteiger partial charge >= 0.3 is 0 Å². The molecule has 6 nitrogen and oxygen atoms in total. The topological polar surface area (TPSA) is 68.2 Å². The first-order chi connectivity index (χ1) is 13.2. The average molecular weight is 447 g/mol. The van der Waals surface area contributed by atoms with Crippen LogP contribution < -0.4 is 9.47 Å². The Morgan fingerprint density at radius 2 is 1.75 bits per heavy atom. The van der Waals surface area contributed by atoms with Crippen LogP contribution in [-0.4, -0.2) is 35.7 Å². The Bertz CT molecular complexity index is 872. The predicted molar refractivity (Wildman–Crippen MR) is 108 cm³/mol. The molecule has 0 N–H and O–H groups in total. The number of nitrogens with zero attached hydrogens (tertiary/aromatic N) is 2. The van der Waals surface area contributed by atoms with E-state index in [4.69, 9.17) is 9.47 Å². The van der Waals surface area contributed by atoms with Gasteiger partial charge in [0, 0.05) is 0 Å². The van der Waals surface area contributed by atoms with Crippen molar-refractivity contribution < 1.29 is 19.1 Å². The van der Waals surface area contributed by atoms with Crippen LogP contribution >= 0.6 is 15.9 Å². The molecule has 4 atom stereocenters. The summed E-state index contributed by atoms with van der Waals surface area (Å²) in [6.45, 7) is 5.87. The number of hydrazone groups is 1. The van der Waals surface area contributed by atoms with E-state index >= 15 is 0 Å². The Kier molecular flexibility index (Phi) is 4.61. The highest BCUT2D eigenvalue weighted by Crippen LogP contribution is 2.52. The van der Waals surface area contributed by atoms with Crippen LogP contribution in [0.3, 0.4) is 0 Å². The van der Waals surface area contributed by atoms with Crippen LogP contribution in [0.15, 0.2) is 33.9 Å². The van der Waals surface area contributed by atoms with Gasteiger partial charge in [-0.15, -0.1) is 0 Å². The fraction of sp³-hybridized carbons (Fsp3) is 0.476. The molecule has 28 heavy (non-hydrogen) atoms. The quantitative estimate of drug-likeness (QED) is 0.400. The molecule has 2 amide bonds. The first-order valence-corrected chi connectivity index (χ1v) is 10.2. The standard InChI is InChI=1S/C21H23BrN2O4/c1-21(2,3)28-18-14(22)7-11(8-15(18)27-4)10-23-24-19(25)16-12-5-6-13(9-12)17(16)20(24)26/h5-8,10,12-13,16-17H,9H2,1-4H3. The molecule has 2 bridgehead atoms. The van der Waals surface area contributed by atoms with E-state index in [9.17, 15) is 9.59 Å². The third-order valence-corrected chi connectivity index (χ3v) is 6.02. The molecular formula is C21H23BrN2O4. The third kappa shape index (κ3) is 3.15. The lowest BCUT2D eigenvalue weighted by Crippen LogP contribution is -2.28. The van der Waals surface area contributed by atoms with Gasteiger partial charge in [0.15, 0.2) is 11.5 Å². The van der Waals surface area contributed by atoms with Gasteiger partial charge in [0.1, 0.15) is 5.60 Å². The molecule has 1 aromatic rings. The number of halogens is 1. The lowest BCUT2D eigenvalue weighted by atomic mass is 9.85. The zero-order valence-electron chi connectivity index (χ0n) is 16.3. The Balaban J connectivity index is 1.58. The molecule has 0 spiro atoms. The fourth-order valence-corrected chi connectivity index (χ4v) is 4.89. The molecular weight excluding hydrogens is 424 g/mol. The number of carbonyl (C=O) groups excluding carboxylic acids is 2. The lowest BCUT2D eigenvalue weighted by Gasteiger charge is -2.24. The number of hydrogen-bond acceptors (Lipinski definition) is 5. The van der Waals surface area contributed by atoms with Gasteiger partial charge in [0.25, 0.3) is 11.8 Å². The molecule has 2 fully saturated rings. The number of fused-ring (bicyclic) bond motifs is 5. The maximum Gasteiger partial charge on any atom is 0.254 e. The number of allylic oxidation sites excluding steroid dienone is 2. The summed E-state index contributed by atoms with van der Waals surface area (Å²) in [6, 6.07) is 3.59. The summed E-state index contributed by atoms with van der Waals surface area (Å²) < 4.78 is 12.1. The van der Waals surface area contributed by atoms with Crippen molar-refractivity contribution in [1.82, 2.24) is 5.01 Å². The van der Waals surface area contributed by atoms with Crippen LogP contribution in [0.2, 0.25) is 0 Å². The van der Waals surface area contributed by atoms with Crippen molar-refractivity contribution in [3.8, 4) is 11.5 Å². The second kappa shape index (κ2) is 6.72. The number of methoxy groups -OCH3 is 1. The zero-order chi connectivity index (χ0) is 20.2. The van der Waals surface area contributed by atoms with Crippen LogP contribution in [0.4, 0.5) is 0 Å². The number of amides is 2. The summed E-state index contributed by atoms with van der Waals surface area (Å²) in [7, 11) is 1.57. The summed E-state index contributed by atoms with van der Waals surface area (Å²) >= 11 is 3.51. The molecule has 2 aliphatic carbocycles. The van der Waals surface area contributed by atoms with Crippen molar-refractivity contribution >= 4 is 34.0 Å². The SMILES string of the molecule is COc1cc(C=NN2C(=O)C3C4C=CC(C4)C3C2=O)cc(Br)c1OC(C)(C)C. The van der Waals surface area contributed by atoms with Crippen molar-refractivity contribution in [2.75, 3.05) is 7.11 Å². The molecule has 1 saturated carbocycles. The van der Waals surface area contributed by atoms with E-state index in [1.807, 2.05) is 26.8 Å². The predicted octanol–water partition coefficient (Wildman–Crippen LogP) is 3.78. The minimum absolute atomic E-state index is 0.176. The van der Waals surface area contributed by atoms with Gasteiger partial charge in [0.2, 0.25) is 0 Å². The first-order valence-electron chi connectivity index (χ1n) is 9.36. The summed E-state index contributed by atoms with van der Waals surface area (Å²) in [5, 5.41) is 5.26. The summed E-state index contributed by atoms with van der Waals surface area (Å²) in [5.41, 5.74) is 0.314. The van der Waals surface area contributed by atoms with E-state index in [1.165, 1.54) is 6.21 Å². The molecule has 1 heterocycles. The van der Waals surface area contributed by atoms with Gasteiger partial charge in [-0.25, -0.2) is 0 Å². The van der Waals surface area contributed by atoms with Gasteiger partial charge < -0.3 is 9.47 Å². The Morgan fingerprint density at radius 1 is 1.14 bits per heavy atom. The van der Waals surface area contributed by atoms with Crippen LogP contribution in [0.1, 0.15) is 32.8 Å². The number of hydrogen-bond donors (Lipinski definition) is 0. The lowest BCUT2D eigenvalue weighted by molar-refractivity contribution is -0.140. The summed E-state index contributed by atoms with van der Waals surface area (Å²) in [4.78, 5) is 25.4. The van der Waals surface area contributed by atoms with E-state index in [0.717, 1.165) is 11.4 Å². The number of imide groups is 1. The molecule has 4 unspecified atom stereocenters. The second-order valence-corrected chi connectivity index (χ2v) is 9.34. The highest BCUT2D eigenvalue weighted by atomic mass is 79.9. The van der Waals surface area contributed by atoms with Gasteiger partial charge in [0.05, 0.1) is 29.6 Å². The first kappa shape index (κ1) is 19.2. The number of ether oxygens (including phenoxy) is 2. The number of carbonyl (C=O) groups is 2. The van der Waals surface area contributed by atoms with E-state index in [0.29, 0.717) is 21.5 Å². The molecule has 4 rings (SSSR count). The smallest absolute Gasteiger partial charge is 0.254 e. The molecule has 7 heteroatoms. The highest BCUT2D eigenvalue weighted by Gasteiger charge is 2.59. The average Bonchev–Trinajstić information content (AvgIpc) is 3.29. The van der Waals surface area contributed by atoms with Crippen molar-refractivity contribution in [2.45, 2.75) is 32.8 Å². The molecule has 1 aromatic carbocycles. The Morgan fingerprint density at radius 3 is 2.29 bits per heavy atom. The minimum Gasteiger partial charge on any atom is -0.493 e. The van der Waals surface area contributed by atoms with Crippen LogP contribution in [0.5, 0.6) is 11.5 Å².